The van der Waals surface area contributed by atoms with Crippen LogP contribution in [0.2, 0.25) is 0 Å². The van der Waals surface area contributed by atoms with Crippen LogP contribution in [0, 0.1) is 18.7 Å². The maximum absolute atomic E-state index is 13.0. The summed E-state index contributed by atoms with van der Waals surface area (Å²) < 4.78 is 20.2. The second-order valence-corrected chi connectivity index (χ2v) is 8.77. The lowest BCUT2D eigenvalue weighted by atomic mass is 10.0. The van der Waals surface area contributed by atoms with Crippen LogP contribution >= 0.6 is 11.3 Å². The molecule has 1 fully saturated rings. The van der Waals surface area contributed by atoms with Gasteiger partial charge < -0.3 is 9.84 Å². The number of aryl methyl sites for hydroxylation is 1. The SMILES string of the molecule is Cc1sc2nc(COc3ccc(F)cc3)cc(=O)n2c1C1CC1C(C)(C)O. The molecular formula is C20H21FN2O3S. The Morgan fingerprint density at radius 1 is 1.37 bits per heavy atom. The van der Waals surface area contributed by atoms with Crippen molar-refractivity contribution in [3.05, 3.63) is 62.8 Å². The van der Waals surface area contributed by atoms with Crippen LogP contribution in [0.1, 0.15) is 42.5 Å². The molecule has 1 N–H and O–H groups in total. The molecule has 2 atom stereocenters. The van der Waals surface area contributed by atoms with E-state index in [0.717, 1.165) is 17.0 Å². The molecule has 1 aliphatic rings. The van der Waals surface area contributed by atoms with Gasteiger partial charge in [-0.1, -0.05) is 0 Å². The summed E-state index contributed by atoms with van der Waals surface area (Å²) in [6.45, 7) is 5.75. The van der Waals surface area contributed by atoms with E-state index in [1.54, 1.807) is 4.40 Å². The van der Waals surface area contributed by atoms with Gasteiger partial charge in [0.25, 0.3) is 5.56 Å². The molecule has 0 saturated heterocycles. The molecule has 5 nitrogen and oxygen atoms in total. The molecule has 3 aromatic rings. The van der Waals surface area contributed by atoms with Crippen LogP contribution in [0.5, 0.6) is 5.75 Å². The van der Waals surface area contributed by atoms with Gasteiger partial charge in [-0.15, -0.1) is 11.3 Å². The van der Waals surface area contributed by atoms with Gasteiger partial charge in [0.15, 0.2) is 4.96 Å². The first-order chi connectivity index (χ1) is 12.7. The van der Waals surface area contributed by atoms with Gasteiger partial charge in [-0.2, -0.15) is 0 Å². The first kappa shape index (κ1) is 18.1. The third-order valence-electron chi connectivity index (χ3n) is 5.04. The fourth-order valence-electron chi connectivity index (χ4n) is 3.61. The maximum Gasteiger partial charge on any atom is 0.259 e. The predicted molar refractivity (Wildman–Crippen MR) is 102 cm³/mol. The Kier molecular flexibility index (Phi) is 4.31. The number of benzene rings is 1. The topological polar surface area (TPSA) is 63.8 Å². The summed E-state index contributed by atoms with van der Waals surface area (Å²) in [7, 11) is 0. The first-order valence-electron chi connectivity index (χ1n) is 8.87. The number of ether oxygens (including phenoxy) is 1. The molecule has 0 spiro atoms. The quantitative estimate of drug-likeness (QED) is 0.725. The highest BCUT2D eigenvalue weighted by Crippen LogP contribution is 2.54. The van der Waals surface area contributed by atoms with Crippen LogP contribution in [0.15, 0.2) is 35.1 Å². The molecule has 27 heavy (non-hydrogen) atoms. The van der Waals surface area contributed by atoms with Gasteiger partial charge in [0.1, 0.15) is 18.2 Å². The van der Waals surface area contributed by atoms with Gasteiger partial charge in [0, 0.05) is 22.6 Å². The van der Waals surface area contributed by atoms with Crippen LogP contribution < -0.4 is 10.3 Å². The average molecular weight is 388 g/mol. The largest absolute Gasteiger partial charge is 0.487 e. The second-order valence-electron chi connectivity index (χ2n) is 7.59. The van der Waals surface area contributed by atoms with Crippen molar-refractivity contribution in [3.63, 3.8) is 0 Å². The van der Waals surface area contributed by atoms with Crippen LogP contribution in [-0.2, 0) is 6.61 Å². The Bertz CT molecular complexity index is 1050. The van der Waals surface area contributed by atoms with E-state index < -0.39 is 5.60 Å². The molecule has 0 bridgehead atoms. The third-order valence-corrected chi connectivity index (χ3v) is 6.01. The van der Waals surface area contributed by atoms with Gasteiger partial charge in [-0.05, 0) is 57.4 Å². The lowest BCUT2D eigenvalue weighted by Crippen LogP contribution is -2.23. The van der Waals surface area contributed by atoms with Crippen molar-refractivity contribution in [3.8, 4) is 5.75 Å². The lowest BCUT2D eigenvalue weighted by molar-refractivity contribution is 0.0544. The van der Waals surface area contributed by atoms with E-state index in [2.05, 4.69) is 4.98 Å². The summed E-state index contributed by atoms with van der Waals surface area (Å²) in [6, 6.07) is 7.21. The van der Waals surface area contributed by atoms with E-state index in [9.17, 15) is 14.3 Å². The molecule has 2 aromatic heterocycles. The summed E-state index contributed by atoms with van der Waals surface area (Å²) >= 11 is 1.48. The minimum Gasteiger partial charge on any atom is -0.487 e. The van der Waals surface area contributed by atoms with E-state index in [4.69, 9.17) is 4.74 Å². The zero-order valence-corrected chi connectivity index (χ0v) is 16.2. The van der Waals surface area contributed by atoms with E-state index >= 15 is 0 Å². The number of aromatic nitrogens is 2. The fraction of sp³-hybridized carbons (Fsp3) is 0.400. The Hall–Kier alpha value is -2.25. The second kappa shape index (κ2) is 6.42. The maximum atomic E-state index is 13.0. The van der Waals surface area contributed by atoms with Gasteiger partial charge in [0.05, 0.1) is 11.3 Å². The van der Waals surface area contributed by atoms with Crippen molar-refractivity contribution < 1.29 is 14.2 Å². The van der Waals surface area contributed by atoms with E-state index in [1.165, 1.54) is 41.7 Å². The van der Waals surface area contributed by atoms with Crippen molar-refractivity contribution in [2.75, 3.05) is 0 Å². The number of aliphatic hydroxyl groups is 1. The van der Waals surface area contributed by atoms with E-state index in [1.807, 2.05) is 20.8 Å². The molecule has 142 valence electrons. The molecule has 1 aromatic carbocycles. The molecule has 1 aliphatic carbocycles. The Morgan fingerprint density at radius 2 is 2.07 bits per heavy atom. The standard InChI is InChI=1S/C20H21FN2O3S/c1-11-18(15-9-16(15)20(2,3)25)23-17(24)8-13(22-19(23)27-11)10-26-14-6-4-12(21)5-7-14/h4-8,15-16,25H,9-10H2,1-3H3. The monoisotopic (exact) mass is 388 g/mol. The first-order valence-corrected chi connectivity index (χ1v) is 9.68. The number of hydrogen-bond acceptors (Lipinski definition) is 5. The van der Waals surface area contributed by atoms with E-state index in [0.29, 0.717) is 16.4 Å². The van der Waals surface area contributed by atoms with Crippen molar-refractivity contribution in [1.82, 2.24) is 9.38 Å². The van der Waals surface area contributed by atoms with Gasteiger partial charge in [-0.25, -0.2) is 9.37 Å². The molecule has 4 rings (SSSR count). The molecular weight excluding hydrogens is 367 g/mol. The minimum atomic E-state index is -0.759. The normalized spacial score (nSPS) is 19.4. The van der Waals surface area contributed by atoms with Gasteiger partial charge in [0.2, 0.25) is 0 Å². The number of halogens is 1. The van der Waals surface area contributed by atoms with Crippen molar-refractivity contribution in [2.24, 2.45) is 5.92 Å². The van der Waals surface area contributed by atoms with Crippen LogP contribution in [-0.4, -0.2) is 20.1 Å². The highest BCUT2D eigenvalue weighted by molar-refractivity contribution is 7.17. The summed E-state index contributed by atoms with van der Waals surface area (Å²) in [5.41, 5.74) is 0.599. The average Bonchev–Trinajstić information content (AvgIpc) is 3.31. The summed E-state index contributed by atoms with van der Waals surface area (Å²) in [5, 5.41) is 10.3. The van der Waals surface area contributed by atoms with Crippen LogP contribution in [0.3, 0.4) is 0 Å². The zero-order valence-electron chi connectivity index (χ0n) is 15.4. The molecule has 2 heterocycles. The van der Waals surface area contributed by atoms with E-state index in [-0.39, 0.29) is 29.8 Å². The van der Waals surface area contributed by atoms with Gasteiger partial charge >= 0.3 is 0 Å². The van der Waals surface area contributed by atoms with Gasteiger partial charge in [-0.3, -0.25) is 9.20 Å². The number of nitrogens with zero attached hydrogens (tertiary/aromatic N) is 2. The predicted octanol–water partition coefficient (Wildman–Crippen LogP) is 3.66. The fourth-order valence-corrected chi connectivity index (χ4v) is 4.67. The number of rotatable bonds is 5. The lowest BCUT2D eigenvalue weighted by Gasteiger charge is -2.17. The minimum absolute atomic E-state index is 0.138. The highest BCUT2D eigenvalue weighted by atomic mass is 32.1. The molecule has 0 radical (unpaired) electrons. The third kappa shape index (κ3) is 3.49. The Morgan fingerprint density at radius 3 is 2.70 bits per heavy atom. The highest BCUT2D eigenvalue weighted by Gasteiger charge is 2.49. The molecule has 7 heteroatoms. The Balaban J connectivity index is 1.61. The van der Waals surface area contributed by atoms with Crippen LogP contribution in [0.25, 0.3) is 4.96 Å². The van der Waals surface area contributed by atoms with Crippen molar-refractivity contribution in [2.45, 2.75) is 45.3 Å². The van der Waals surface area contributed by atoms with Crippen molar-refractivity contribution in [1.29, 1.82) is 0 Å². The zero-order chi connectivity index (χ0) is 19.3. The number of hydrogen-bond donors (Lipinski definition) is 1. The number of thiazole rings is 1. The molecule has 0 amide bonds. The molecule has 2 unspecified atom stereocenters. The number of fused-ring (bicyclic) bond motifs is 1. The Labute approximate surface area is 160 Å². The summed E-state index contributed by atoms with van der Waals surface area (Å²) in [5.74, 6) is 0.528. The summed E-state index contributed by atoms with van der Waals surface area (Å²) in [6.07, 6.45) is 0.873. The van der Waals surface area contributed by atoms with Crippen LogP contribution in [0.4, 0.5) is 4.39 Å². The smallest absolute Gasteiger partial charge is 0.259 e. The molecule has 0 aliphatic heterocycles. The van der Waals surface area contributed by atoms with Crippen molar-refractivity contribution >= 4 is 16.3 Å². The molecule has 1 saturated carbocycles. The summed E-state index contributed by atoms with van der Waals surface area (Å²) in [4.78, 5) is 19.0.